The summed E-state index contributed by atoms with van der Waals surface area (Å²) in [5.41, 5.74) is 2.44. The minimum atomic E-state index is -0.284. The molecule has 1 fully saturated rings. The Hall–Kier alpha value is -3.88. The minimum Gasteiger partial charge on any atom is -0.497 e. The summed E-state index contributed by atoms with van der Waals surface area (Å²) >= 11 is 0. The third-order valence-corrected chi connectivity index (χ3v) is 4.93. The van der Waals surface area contributed by atoms with Crippen molar-refractivity contribution in [3.05, 3.63) is 53.6 Å². The van der Waals surface area contributed by atoms with Gasteiger partial charge in [0.05, 0.1) is 14.2 Å². The maximum absolute atomic E-state index is 13.0. The zero-order valence-electron chi connectivity index (χ0n) is 16.7. The summed E-state index contributed by atoms with van der Waals surface area (Å²) in [6.07, 6.45) is 3.80. The zero-order chi connectivity index (χ0) is 21.1. The highest BCUT2D eigenvalue weighted by molar-refractivity contribution is 6.00. The van der Waals surface area contributed by atoms with Gasteiger partial charge in [-0.3, -0.25) is 9.59 Å². The topological polar surface area (TPSA) is 101 Å². The molecule has 2 amide bonds. The van der Waals surface area contributed by atoms with Crippen LogP contribution in [0, 0.1) is 0 Å². The van der Waals surface area contributed by atoms with Crippen LogP contribution in [-0.4, -0.2) is 64.6 Å². The van der Waals surface area contributed by atoms with E-state index in [2.05, 4.69) is 15.4 Å². The molecular formula is C21H21N5O4. The van der Waals surface area contributed by atoms with Gasteiger partial charge in [0.1, 0.15) is 22.5 Å². The number of aromatic nitrogens is 3. The molecule has 1 N–H and O–H groups in total. The van der Waals surface area contributed by atoms with E-state index in [9.17, 15) is 9.59 Å². The number of rotatable bonds is 5. The van der Waals surface area contributed by atoms with Crippen molar-refractivity contribution in [2.75, 3.05) is 27.3 Å². The average Bonchev–Trinajstić information content (AvgIpc) is 3.45. The number of methoxy groups -OCH3 is 2. The minimum absolute atomic E-state index is 0.252. The van der Waals surface area contributed by atoms with Crippen LogP contribution in [0.4, 0.5) is 0 Å². The number of carbonyl (C=O) groups is 2. The number of amides is 2. The second-order valence-corrected chi connectivity index (χ2v) is 6.71. The van der Waals surface area contributed by atoms with E-state index in [0.29, 0.717) is 53.2 Å². The molecule has 1 aromatic heterocycles. The number of aromatic amines is 1. The van der Waals surface area contributed by atoms with E-state index in [1.54, 1.807) is 56.7 Å². The fraction of sp³-hybridized carbons (Fsp3) is 0.238. The number of ether oxygens (including phenoxy) is 2. The van der Waals surface area contributed by atoms with Crippen LogP contribution in [-0.2, 0) is 4.79 Å². The number of fused-ring (bicyclic) bond motifs is 1. The van der Waals surface area contributed by atoms with Crippen LogP contribution >= 0.6 is 0 Å². The summed E-state index contributed by atoms with van der Waals surface area (Å²) < 4.78 is 10.6. The molecule has 0 aliphatic carbocycles. The molecule has 154 valence electrons. The van der Waals surface area contributed by atoms with Gasteiger partial charge in [-0.15, -0.1) is 0 Å². The van der Waals surface area contributed by atoms with Gasteiger partial charge in [0, 0.05) is 30.3 Å². The normalized spacial score (nSPS) is 13.9. The molecule has 2 aromatic carbocycles. The molecule has 0 bridgehead atoms. The molecule has 0 spiro atoms. The average molecular weight is 407 g/mol. The monoisotopic (exact) mass is 407 g/mol. The van der Waals surface area contributed by atoms with Gasteiger partial charge in [-0.2, -0.15) is 15.4 Å². The molecule has 2 heterocycles. The maximum atomic E-state index is 13.0. The molecule has 1 aliphatic rings. The second-order valence-electron chi connectivity index (χ2n) is 6.71. The lowest BCUT2D eigenvalue weighted by atomic mass is 10.1. The molecule has 1 aliphatic heterocycles. The first-order chi connectivity index (χ1) is 14.6. The number of hydrazine groups is 1. The highest BCUT2D eigenvalue weighted by atomic mass is 16.5. The van der Waals surface area contributed by atoms with Gasteiger partial charge in [0.25, 0.3) is 11.8 Å². The SMILES string of the molecule is COc1ccc(OC)c(C=CC(=O)N2CCCN2C(=O)c2ccc3n[nH]nc3c2)c1. The maximum Gasteiger partial charge on any atom is 0.272 e. The van der Waals surface area contributed by atoms with Crippen molar-refractivity contribution >= 4 is 28.9 Å². The summed E-state index contributed by atoms with van der Waals surface area (Å²) in [5.74, 6) is 0.741. The number of nitrogens with zero attached hydrogens (tertiary/aromatic N) is 4. The first-order valence-electron chi connectivity index (χ1n) is 9.44. The predicted octanol–water partition coefficient (Wildman–Crippen LogP) is 2.28. The first kappa shape index (κ1) is 19.4. The number of benzene rings is 2. The van der Waals surface area contributed by atoms with Crippen LogP contribution < -0.4 is 9.47 Å². The van der Waals surface area contributed by atoms with Crippen molar-refractivity contribution in [2.24, 2.45) is 0 Å². The fourth-order valence-corrected chi connectivity index (χ4v) is 3.39. The van der Waals surface area contributed by atoms with Gasteiger partial charge in [0.15, 0.2) is 0 Å². The third-order valence-electron chi connectivity index (χ3n) is 4.93. The van der Waals surface area contributed by atoms with Crippen molar-refractivity contribution in [1.29, 1.82) is 0 Å². The zero-order valence-corrected chi connectivity index (χ0v) is 16.7. The van der Waals surface area contributed by atoms with Gasteiger partial charge >= 0.3 is 0 Å². The Balaban J connectivity index is 1.53. The molecule has 0 atom stereocenters. The van der Waals surface area contributed by atoms with Crippen LogP contribution in [0.25, 0.3) is 17.1 Å². The molecule has 9 heteroatoms. The van der Waals surface area contributed by atoms with Crippen molar-refractivity contribution in [3.8, 4) is 11.5 Å². The number of carbonyl (C=O) groups excluding carboxylic acids is 2. The van der Waals surface area contributed by atoms with Crippen LogP contribution in [0.2, 0.25) is 0 Å². The molecule has 4 rings (SSSR count). The molecular weight excluding hydrogens is 386 g/mol. The third kappa shape index (κ3) is 3.69. The van der Waals surface area contributed by atoms with Crippen molar-refractivity contribution in [1.82, 2.24) is 25.4 Å². The van der Waals surface area contributed by atoms with Gasteiger partial charge in [-0.25, -0.2) is 10.0 Å². The highest BCUT2D eigenvalue weighted by Crippen LogP contribution is 2.25. The molecule has 0 radical (unpaired) electrons. The van der Waals surface area contributed by atoms with Crippen LogP contribution in [0.1, 0.15) is 22.3 Å². The number of nitrogens with one attached hydrogen (secondary N) is 1. The molecule has 3 aromatic rings. The van der Waals surface area contributed by atoms with Crippen LogP contribution in [0.15, 0.2) is 42.5 Å². The van der Waals surface area contributed by atoms with Crippen LogP contribution in [0.5, 0.6) is 11.5 Å². The Morgan fingerprint density at radius 1 is 1.00 bits per heavy atom. The summed E-state index contributed by atoms with van der Waals surface area (Å²) in [6.45, 7) is 0.939. The lowest BCUT2D eigenvalue weighted by Gasteiger charge is -2.27. The number of H-pyrrole nitrogens is 1. The van der Waals surface area contributed by atoms with Gasteiger partial charge in [-0.05, 0) is 48.9 Å². The number of hydrogen-bond acceptors (Lipinski definition) is 6. The van der Waals surface area contributed by atoms with Crippen molar-refractivity contribution < 1.29 is 19.1 Å². The highest BCUT2D eigenvalue weighted by Gasteiger charge is 2.30. The Morgan fingerprint density at radius 2 is 1.80 bits per heavy atom. The largest absolute Gasteiger partial charge is 0.497 e. The standard InChI is InChI=1S/C21H21N5O4/c1-29-16-6-8-19(30-2)14(12-16)5-9-20(27)25-10-3-11-26(25)21(28)15-4-7-17-18(13-15)23-24-22-17/h4-9,12-13H,3,10-11H2,1-2H3,(H,22,23,24). The van der Waals surface area contributed by atoms with E-state index in [1.165, 1.54) is 16.1 Å². The molecule has 0 saturated carbocycles. The first-order valence-corrected chi connectivity index (χ1v) is 9.44. The Bertz CT molecular complexity index is 1120. The van der Waals surface area contributed by atoms with Crippen molar-refractivity contribution in [3.63, 3.8) is 0 Å². The Kier molecular flexibility index (Phi) is 5.34. The van der Waals surface area contributed by atoms with Crippen molar-refractivity contribution in [2.45, 2.75) is 6.42 Å². The summed E-state index contributed by atoms with van der Waals surface area (Å²) in [5, 5.41) is 13.5. The van der Waals surface area contributed by atoms with Gasteiger partial charge in [0.2, 0.25) is 0 Å². The van der Waals surface area contributed by atoms with Gasteiger partial charge in [-0.1, -0.05) is 0 Å². The Morgan fingerprint density at radius 3 is 2.60 bits per heavy atom. The van der Waals surface area contributed by atoms with Crippen LogP contribution in [0.3, 0.4) is 0 Å². The van der Waals surface area contributed by atoms with E-state index < -0.39 is 0 Å². The van der Waals surface area contributed by atoms with E-state index in [4.69, 9.17) is 9.47 Å². The smallest absolute Gasteiger partial charge is 0.272 e. The lowest BCUT2D eigenvalue weighted by molar-refractivity contribution is -0.134. The van der Waals surface area contributed by atoms with Gasteiger partial charge < -0.3 is 9.47 Å². The lowest BCUT2D eigenvalue weighted by Crippen LogP contribution is -2.44. The molecule has 9 nitrogen and oxygen atoms in total. The van der Waals surface area contributed by atoms with E-state index in [-0.39, 0.29) is 11.8 Å². The summed E-state index contributed by atoms with van der Waals surface area (Å²) in [7, 11) is 3.14. The fourth-order valence-electron chi connectivity index (χ4n) is 3.39. The summed E-state index contributed by atoms with van der Waals surface area (Å²) in [6, 6.07) is 10.4. The van der Waals surface area contributed by atoms with E-state index in [1.807, 2.05) is 0 Å². The number of hydrogen-bond donors (Lipinski definition) is 1. The Labute approximate surface area is 172 Å². The second kappa shape index (κ2) is 8.24. The molecule has 1 saturated heterocycles. The predicted molar refractivity (Wildman–Crippen MR) is 110 cm³/mol. The van der Waals surface area contributed by atoms with E-state index in [0.717, 1.165) is 0 Å². The summed E-state index contributed by atoms with van der Waals surface area (Å²) in [4.78, 5) is 25.8. The molecule has 30 heavy (non-hydrogen) atoms. The van der Waals surface area contributed by atoms with E-state index >= 15 is 0 Å². The molecule has 0 unspecified atom stereocenters. The quantitative estimate of drug-likeness (QED) is 0.651.